The van der Waals surface area contributed by atoms with Crippen molar-refractivity contribution in [3.8, 4) is 11.1 Å². The molecule has 0 bridgehead atoms. The van der Waals surface area contributed by atoms with Crippen molar-refractivity contribution >= 4 is 5.97 Å². The molecular formula is C23H23N3O2. The van der Waals surface area contributed by atoms with Gasteiger partial charge in [0.15, 0.2) is 0 Å². The highest BCUT2D eigenvalue weighted by Gasteiger charge is 2.21. The molecule has 1 saturated heterocycles. The van der Waals surface area contributed by atoms with Crippen molar-refractivity contribution in [1.82, 2.24) is 14.9 Å². The quantitative estimate of drug-likeness (QED) is 0.725. The number of piperidine rings is 1. The van der Waals surface area contributed by atoms with Crippen molar-refractivity contribution in [3.63, 3.8) is 0 Å². The molecule has 142 valence electrons. The number of rotatable bonds is 5. The largest absolute Gasteiger partial charge is 0.478 e. The maximum atomic E-state index is 11.4. The number of aromatic nitrogens is 2. The minimum atomic E-state index is -0.898. The van der Waals surface area contributed by atoms with Gasteiger partial charge in [-0.25, -0.2) is 4.79 Å². The second kappa shape index (κ2) is 8.31. The summed E-state index contributed by atoms with van der Waals surface area (Å²) in [7, 11) is 0. The molecule has 1 N–H and O–H groups in total. The van der Waals surface area contributed by atoms with Gasteiger partial charge in [-0.3, -0.25) is 14.9 Å². The lowest BCUT2D eigenvalue weighted by Gasteiger charge is -2.31. The summed E-state index contributed by atoms with van der Waals surface area (Å²) in [6, 6.07) is 15.4. The van der Waals surface area contributed by atoms with Crippen molar-refractivity contribution in [1.29, 1.82) is 0 Å². The Kier molecular flexibility index (Phi) is 5.44. The maximum absolute atomic E-state index is 11.4. The van der Waals surface area contributed by atoms with E-state index in [9.17, 15) is 9.90 Å². The highest BCUT2D eigenvalue weighted by atomic mass is 16.4. The van der Waals surface area contributed by atoms with Gasteiger partial charge in [-0.2, -0.15) is 0 Å². The van der Waals surface area contributed by atoms with Gasteiger partial charge in [0.1, 0.15) is 0 Å². The molecule has 2 aromatic carbocycles. The average molecular weight is 373 g/mol. The van der Waals surface area contributed by atoms with E-state index < -0.39 is 5.97 Å². The molecule has 0 amide bonds. The van der Waals surface area contributed by atoms with Gasteiger partial charge in [-0.05, 0) is 48.7 Å². The van der Waals surface area contributed by atoms with E-state index in [4.69, 9.17) is 0 Å². The summed E-state index contributed by atoms with van der Waals surface area (Å²) in [5, 5.41) is 9.39. The number of nitrogens with zero attached hydrogens (tertiary/aromatic N) is 3. The Balaban J connectivity index is 1.39. The Hall–Kier alpha value is -3.05. The zero-order chi connectivity index (χ0) is 19.3. The van der Waals surface area contributed by atoms with Gasteiger partial charge in [0, 0.05) is 31.1 Å². The molecule has 3 aromatic rings. The molecule has 28 heavy (non-hydrogen) atoms. The van der Waals surface area contributed by atoms with Crippen molar-refractivity contribution < 1.29 is 9.90 Å². The maximum Gasteiger partial charge on any atom is 0.336 e. The molecule has 4 rings (SSSR count). The number of hydrogen-bond acceptors (Lipinski definition) is 4. The number of likely N-dealkylation sites (tertiary alicyclic amines) is 1. The van der Waals surface area contributed by atoms with Gasteiger partial charge in [-0.15, -0.1) is 0 Å². The zero-order valence-corrected chi connectivity index (χ0v) is 15.7. The molecule has 0 unspecified atom stereocenters. The Morgan fingerprint density at radius 1 is 1.04 bits per heavy atom. The third kappa shape index (κ3) is 4.10. The second-order valence-corrected chi connectivity index (χ2v) is 7.23. The predicted molar refractivity (Wildman–Crippen MR) is 108 cm³/mol. The van der Waals surface area contributed by atoms with Crippen molar-refractivity contribution in [3.05, 3.63) is 83.9 Å². The summed E-state index contributed by atoms with van der Waals surface area (Å²) in [5.74, 6) is -0.398. The molecule has 5 heteroatoms. The molecule has 0 atom stereocenters. The molecule has 1 aliphatic rings. The molecule has 1 aliphatic heterocycles. The highest BCUT2D eigenvalue weighted by Crippen LogP contribution is 2.28. The molecule has 1 aromatic heterocycles. The predicted octanol–water partition coefficient (Wildman–Crippen LogP) is 4.22. The Morgan fingerprint density at radius 2 is 1.79 bits per heavy atom. The van der Waals surface area contributed by atoms with Crippen LogP contribution in [-0.4, -0.2) is 39.0 Å². The van der Waals surface area contributed by atoms with Crippen LogP contribution >= 0.6 is 0 Å². The first-order valence-electron chi connectivity index (χ1n) is 9.60. The summed E-state index contributed by atoms with van der Waals surface area (Å²) in [4.78, 5) is 22.5. The van der Waals surface area contributed by atoms with Crippen LogP contribution in [0.2, 0.25) is 0 Å². The first-order chi connectivity index (χ1) is 13.7. The SMILES string of the molecule is O=C(O)c1ccccc1-c1ccc(CN2CCC(c3cnccn3)CC2)cc1. The fraction of sp³-hybridized carbons (Fsp3) is 0.261. The third-order valence-electron chi connectivity index (χ3n) is 5.42. The molecule has 0 radical (unpaired) electrons. The average Bonchev–Trinajstić information content (AvgIpc) is 2.75. The van der Waals surface area contributed by atoms with Gasteiger partial charge in [0.2, 0.25) is 0 Å². The topological polar surface area (TPSA) is 66.3 Å². The summed E-state index contributed by atoms with van der Waals surface area (Å²) >= 11 is 0. The second-order valence-electron chi connectivity index (χ2n) is 7.23. The Morgan fingerprint density at radius 3 is 2.46 bits per heavy atom. The number of carboxylic acid groups (broad SMARTS) is 1. The summed E-state index contributed by atoms with van der Waals surface area (Å²) in [6.07, 6.45) is 7.57. The normalized spacial score (nSPS) is 15.4. The Bertz CT molecular complexity index is 934. The van der Waals surface area contributed by atoms with Gasteiger partial charge < -0.3 is 5.11 Å². The van der Waals surface area contributed by atoms with Crippen LogP contribution in [0.5, 0.6) is 0 Å². The van der Waals surface area contributed by atoms with Crippen LogP contribution in [-0.2, 0) is 6.54 Å². The number of hydrogen-bond donors (Lipinski definition) is 1. The molecule has 1 fully saturated rings. The standard InChI is InChI=1S/C23H23N3O2/c27-23(28)21-4-2-1-3-20(21)18-7-5-17(6-8-18)16-26-13-9-19(10-14-26)22-15-24-11-12-25-22/h1-8,11-12,15,19H,9-10,13-14,16H2,(H,27,28). The van der Waals surface area contributed by atoms with Crippen LogP contribution in [0.1, 0.15) is 40.4 Å². The summed E-state index contributed by atoms with van der Waals surface area (Å²) in [5.41, 5.74) is 4.37. The number of carboxylic acids is 1. The van der Waals surface area contributed by atoms with E-state index in [0.717, 1.165) is 49.3 Å². The van der Waals surface area contributed by atoms with E-state index in [1.807, 2.05) is 30.5 Å². The molecule has 2 heterocycles. The summed E-state index contributed by atoms with van der Waals surface area (Å²) < 4.78 is 0. The van der Waals surface area contributed by atoms with Crippen molar-refractivity contribution in [2.75, 3.05) is 13.1 Å². The number of benzene rings is 2. The first-order valence-corrected chi connectivity index (χ1v) is 9.60. The molecule has 0 saturated carbocycles. The third-order valence-corrected chi connectivity index (χ3v) is 5.42. The van der Waals surface area contributed by atoms with Crippen LogP contribution in [0.15, 0.2) is 67.1 Å². The molecule has 0 spiro atoms. The van der Waals surface area contributed by atoms with Gasteiger partial charge in [-0.1, -0.05) is 42.5 Å². The minimum Gasteiger partial charge on any atom is -0.478 e. The minimum absolute atomic E-state index is 0.335. The zero-order valence-electron chi connectivity index (χ0n) is 15.7. The van der Waals surface area contributed by atoms with Gasteiger partial charge in [0.05, 0.1) is 11.3 Å². The smallest absolute Gasteiger partial charge is 0.336 e. The van der Waals surface area contributed by atoms with E-state index in [0.29, 0.717) is 11.5 Å². The van der Waals surface area contributed by atoms with Crippen molar-refractivity contribution in [2.24, 2.45) is 0 Å². The van der Waals surface area contributed by atoms with Crippen LogP contribution < -0.4 is 0 Å². The van der Waals surface area contributed by atoms with E-state index >= 15 is 0 Å². The van der Waals surface area contributed by atoms with Gasteiger partial charge in [0.25, 0.3) is 0 Å². The first kappa shape index (κ1) is 18.3. The van der Waals surface area contributed by atoms with Crippen LogP contribution in [0, 0.1) is 0 Å². The highest BCUT2D eigenvalue weighted by molar-refractivity contribution is 5.95. The van der Waals surface area contributed by atoms with Gasteiger partial charge >= 0.3 is 5.97 Å². The fourth-order valence-corrected chi connectivity index (χ4v) is 3.88. The number of carbonyl (C=O) groups is 1. The fourth-order valence-electron chi connectivity index (χ4n) is 3.88. The molecular weight excluding hydrogens is 350 g/mol. The van der Waals surface area contributed by atoms with E-state index in [2.05, 4.69) is 27.0 Å². The van der Waals surface area contributed by atoms with E-state index in [1.165, 1.54) is 5.56 Å². The lowest BCUT2D eigenvalue weighted by molar-refractivity contribution is 0.0697. The molecule has 0 aliphatic carbocycles. The Labute approximate surface area is 164 Å². The van der Waals surface area contributed by atoms with E-state index in [-0.39, 0.29) is 0 Å². The van der Waals surface area contributed by atoms with Crippen LogP contribution in [0.4, 0.5) is 0 Å². The monoisotopic (exact) mass is 373 g/mol. The lowest BCUT2D eigenvalue weighted by Crippen LogP contribution is -2.32. The lowest BCUT2D eigenvalue weighted by atomic mass is 9.93. The van der Waals surface area contributed by atoms with Crippen LogP contribution in [0.25, 0.3) is 11.1 Å². The van der Waals surface area contributed by atoms with Crippen LogP contribution in [0.3, 0.4) is 0 Å². The molecule has 5 nitrogen and oxygen atoms in total. The summed E-state index contributed by atoms with van der Waals surface area (Å²) in [6.45, 7) is 3.00. The van der Waals surface area contributed by atoms with E-state index in [1.54, 1.807) is 24.5 Å². The number of aromatic carboxylic acids is 1. The van der Waals surface area contributed by atoms with Crippen molar-refractivity contribution in [2.45, 2.75) is 25.3 Å².